The van der Waals surface area contributed by atoms with Crippen LogP contribution in [0, 0.1) is 0 Å². The standard InChI is InChI=1S/C24H24N4O3S/c29-23(14-13-19-8-4-7-18-9-6-16-26-24(18)19)27-20-10-5-11-21(17-20)32(30,31)28-22-12-2-1-3-15-25-22/h4-11,13-14,16-17H,1-3,12,15H2,(H,25,28)(H,27,29)/b14-13+. The van der Waals surface area contributed by atoms with Gasteiger partial charge in [-0.2, -0.15) is 0 Å². The zero-order chi connectivity index (χ0) is 22.4. The van der Waals surface area contributed by atoms with Gasteiger partial charge in [-0.15, -0.1) is 0 Å². The maximum atomic E-state index is 12.8. The van der Waals surface area contributed by atoms with E-state index in [0.29, 0.717) is 24.5 Å². The monoisotopic (exact) mass is 448 g/mol. The smallest absolute Gasteiger partial charge is 0.262 e. The number of amidine groups is 1. The van der Waals surface area contributed by atoms with Gasteiger partial charge < -0.3 is 5.32 Å². The Morgan fingerprint density at radius 1 is 1.00 bits per heavy atom. The Morgan fingerprint density at radius 2 is 1.84 bits per heavy atom. The van der Waals surface area contributed by atoms with Crippen LogP contribution in [0.3, 0.4) is 0 Å². The average molecular weight is 449 g/mol. The summed E-state index contributed by atoms with van der Waals surface area (Å²) in [4.78, 5) is 21.2. The molecule has 32 heavy (non-hydrogen) atoms. The SMILES string of the molecule is O=C(/C=C/c1cccc2cccnc12)Nc1cccc(S(=O)(=O)NC2=NCCCCC2)c1. The van der Waals surface area contributed by atoms with Crippen LogP contribution in [0.4, 0.5) is 5.69 Å². The average Bonchev–Trinajstić information content (AvgIpc) is 3.06. The van der Waals surface area contributed by atoms with Crippen molar-refractivity contribution in [1.82, 2.24) is 9.71 Å². The first-order valence-corrected chi connectivity index (χ1v) is 12.0. The molecule has 0 saturated carbocycles. The van der Waals surface area contributed by atoms with Gasteiger partial charge in [-0.3, -0.25) is 19.5 Å². The van der Waals surface area contributed by atoms with Crippen LogP contribution in [0.15, 0.2) is 76.8 Å². The summed E-state index contributed by atoms with van der Waals surface area (Å²) in [6.07, 6.45) is 8.34. The number of nitrogens with zero attached hydrogens (tertiary/aromatic N) is 2. The van der Waals surface area contributed by atoms with Crippen LogP contribution in [0.2, 0.25) is 0 Å². The number of carbonyl (C=O) groups is 1. The molecular weight excluding hydrogens is 424 g/mol. The zero-order valence-electron chi connectivity index (χ0n) is 17.5. The first-order chi connectivity index (χ1) is 15.5. The van der Waals surface area contributed by atoms with E-state index in [1.54, 1.807) is 24.4 Å². The number of para-hydroxylation sites is 1. The van der Waals surface area contributed by atoms with Crippen molar-refractivity contribution in [3.05, 3.63) is 72.4 Å². The molecule has 7 nitrogen and oxygen atoms in total. The molecule has 1 aromatic heterocycles. The fourth-order valence-corrected chi connectivity index (χ4v) is 4.66. The highest BCUT2D eigenvalue weighted by molar-refractivity contribution is 7.90. The molecule has 0 aliphatic carbocycles. The highest BCUT2D eigenvalue weighted by Gasteiger charge is 2.17. The summed E-state index contributed by atoms with van der Waals surface area (Å²) >= 11 is 0. The third-order valence-corrected chi connectivity index (χ3v) is 6.50. The molecule has 1 aliphatic rings. The predicted octanol–water partition coefficient (Wildman–Crippen LogP) is 4.14. The Bertz CT molecular complexity index is 1290. The van der Waals surface area contributed by atoms with Crippen molar-refractivity contribution in [2.75, 3.05) is 11.9 Å². The summed E-state index contributed by atoms with van der Waals surface area (Å²) in [6, 6.07) is 15.7. The lowest BCUT2D eigenvalue weighted by Gasteiger charge is -2.11. The van der Waals surface area contributed by atoms with E-state index in [9.17, 15) is 13.2 Å². The molecule has 0 spiro atoms. The molecule has 0 saturated heterocycles. The number of rotatable bonds is 5. The second-order valence-electron chi connectivity index (χ2n) is 7.52. The number of amides is 1. The molecule has 0 unspecified atom stereocenters. The largest absolute Gasteiger partial charge is 0.322 e. The number of aliphatic imine (C=N–C) groups is 1. The number of benzene rings is 2. The van der Waals surface area contributed by atoms with Crippen LogP contribution in [-0.2, 0) is 14.8 Å². The van der Waals surface area contributed by atoms with E-state index in [2.05, 4.69) is 20.0 Å². The lowest BCUT2D eigenvalue weighted by Crippen LogP contribution is -2.30. The van der Waals surface area contributed by atoms with Crippen LogP contribution in [0.1, 0.15) is 31.2 Å². The van der Waals surface area contributed by atoms with Crippen LogP contribution in [0.25, 0.3) is 17.0 Å². The number of fused-ring (bicyclic) bond motifs is 1. The number of aromatic nitrogens is 1. The van der Waals surface area contributed by atoms with Crippen molar-refractivity contribution in [3.8, 4) is 0 Å². The quantitative estimate of drug-likeness (QED) is 0.573. The summed E-state index contributed by atoms with van der Waals surface area (Å²) < 4.78 is 28.1. The Labute approximate surface area is 187 Å². The second kappa shape index (κ2) is 9.74. The molecule has 2 heterocycles. The summed E-state index contributed by atoms with van der Waals surface area (Å²) in [5.74, 6) is 0.122. The van der Waals surface area contributed by atoms with Gasteiger partial charge in [-0.25, -0.2) is 8.42 Å². The van der Waals surface area contributed by atoms with Crippen molar-refractivity contribution < 1.29 is 13.2 Å². The van der Waals surface area contributed by atoms with Crippen LogP contribution in [0.5, 0.6) is 0 Å². The molecule has 1 aliphatic heterocycles. The van der Waals surface area contributed by atoms with Crippen LogP contribution in [-0.4, -0.2) is 31.7 Å². The Morgan fingerprint density at radius 3 is 2.75 bits per heavy atom. The van der Waals surface area contributed by atoms with E-state index in [-0.39, 0.29) is 10.8 Å². The van der Waals surface area contributed by atoms with Crippen molar-refractivity contribution >= 4 is 44.4 Å². The fourth-order valence-electron chi connectivity index (χ4n) is 3.52. The number of pyridine rings is 1. The number of anilines is 1. The third-order valence-electron chi connectivity index (χ3n) is 5.12. The predicted molar refractivity (Wildman–Crippen MR) is 127 cm³/mol. The van der Waals surface area contributed by atoms with Gasteiger partial charge in [-0.05, 0) is 43.2 Å². The molecule has 0 atom stereocenters. The Kier molecular flexibility index (Phi) is 6.61. The molecule has 4 rings (SSSR count). The maximum Gasteiger partial charge on any atom is 0.262 e. The molecule has 164 valence electrons. The molecular formula is C24H24N4O3S. The molecule has 8 heteroatoms. The van der Waals surface area contributed by atoms with E-state index in [4.69, 9.17) is 0 Å². The summed E-state index contributed by atoms with van der Waals surface area (Å²) in [5, 5.41) is 3.70. The van der Waals surface area contributed by atoms with Gasteiger partial charge >= 0.3 is 0 Å². The zero-order valence-corrected chi connectivity index (χ0v) is 18.3. The Balaban J connectivity index is 1.47. The highest BCUT2D eigenvalue weighted by Crippen LogP contribution is 2.19. The second-order valence-corrected chi connectivity index (χ2v) is 9.20. The van der Waals surface area contributed by atoms with Gasteiger partial charge in [0.15, 0.2) is 0 Å². The lowest BCUT2D eigenvalue weighted by molar-refractivity contribution is -0.111. The summed E-state index contributed by atoms with van der Waals surface area (Å²) in [6.45, 7) is 0.631. The van der Waals surface area contributed by atoms with Crippen molar-refractivity contribution in [1.29, 1.82) is 0 Å². The van der Waals surface area contributed by atoms with Gasteiger partial charge in [0.1, 0.15) is 5.84 Å². The molecule has 0 fully saturated rings. The molecule has 3 aromatic rings. The van der Waals surface area contributed by atoms with E-state index >= 15 is 0 Å². The number of hydrogen-bond acceptors (Lipinski definition) is 5. The molecule has 0 radical (unpaired) electrons. The summed E-state index contributed by atoms with van der Waals surface area (Å²) in [7, 11) is -3.77. The molecule has 0 bridgehead atoms. The topological polar surface area (TPSA) is 101 Å². The Hall–Kier alpha value is -3.52. The van der Waals surface area contributed by atoms with E-state index < -0.39 is 10.0 Å². The fraction of sp³-hybridized carbons (Fsp3) is 0.208. The first-order valence-electron chi connectivity index (χ1n) is 10.5. The van der Waals surface area contributed by atoms with E-state index in [1.807, 2.05) is 30.3 Å². The normalized spacial score (nSPS) is 14.7. The van der Waals surface area contributed by atoms with Crippen molar-refractivity contribution in [2.45, 2.75) is 30.6 Å². The van der Waals surface area contributed by atoms with E-state index in [1.165, 1.54) is 18.2 Å². The van der Waals surface area contributed by atoms with Crippen LogP contribution >= 0.6 is 0 Å². The molecule has 2 N–H and O–H groups in total. The minimum Gasteiger partial charge on any atom is -0.322 e. The molecule has 1 amide bonds. The van der Waals surface area contributed by atoms with E-state index in [0.717, 1.165) is 35.7 Å². The number of carbonyl (C=O) groups excluding carboxylic acids is 1. The van der Waals surface area contributed by atoms with Crippen molar-refractivity contribution in [3.63, 3.8) is 0 Å². The van der Waals surface area contributed by atoms with Gasteiger partial charge in [0, 0.05) is 41.9 Å². The van der Waals surface area contributed by atoms with Gasteiger partial charge in [-0.1, -0.05) is 36.8 Å². The minimum atomic E-state index is -3.77. The number of hydrogen-bond donors (Lipinski definition) is 2. The number of nitrogens with one attached hydrogen (secondary N) is 2. The van der Waals surface area contributed by atoms with Gasteiger partial charge in [0.2, 0.25) is 5.91 Å². The highest BCUT2D eigenvalue weighted by atomic mass is 32.2. The minimum absolute atomic E-state index is 0.0736. The van der Waals surface area contributed by atoms with Gasteiger partial charge in [0.25, 0.3) is 10.0 Å². The maximum absolute atomic E-state index is 12.8. The van der Waals surface area contributed by atoms with Crippen LogP contribution < -0.4 is 10.0 Å². The van der Waals surface area contributed by atoms with Crippen molar-refractivity contribution in [2.24, 2.45) is 4.99 Å². The summed E-state index contributed by atoms with van der Waals surface area (Å²) in [5.41, 5.74) is 2.02. The third kappa shape index (κ3) is 5.39. The van der Waals surface area contributed by atoms with Gasteiger partial charge in [0.05, 0.1) is 10.4 Å². The first kappa shape index (κ1) is 21.7. The molecule has 2 aromatic carbocycles. The lowest BCUT2D eigenvalue weighted by atomic mass is 10.1. The number of sulfonamides is 1.